The molecule has 1 aromatic carbocycles. The lowest BCUT2D eigenvalue weighted by molar-refractivity contribution is -0.154. The highest BCUT2D eigenvalue weighted by molar-refractivity contribution is 7.99. The molecule has 0 saturated carbocycles. The van der Waals surface area contributed by atoms with Gasteiger partial charge in [-0.3, -0.25) is 38.4 Å². The first kappa shape index (κ1) is 62.4. The van der Waals surface area contributed by atoms with E-state index in [0.717, 1.165) is 24.1 Å². The number of thioether (sulfide) groups is 1. The summed E-state index contributed by atoms with van der Waals surface area (Å²) >= 11 is 1.23. The molecule has 0 radical (unpaired) electrons. The van der Waals surface area contributed by atoms with Gasteiger partial charge in [-0.2, -0.15) is 11.8 Å². The van der Waals surface area contributed by atoms with E-state index in [9.17, 15) is 43.5 Å². The number of amides is 6. The monoisotopic (exact) mass is 1040 g/mol. The van der Waals surface area contributed by atoms with E-state index in [0.29, 0.717) is 19.4 Å². The molecule has 2 aliphatic rings. The number of Topliss-reactive ketones (excluding diaryl/α,β-unsaturated/α-hetero) is 2. The first-order chi connectivity index (χ1) is 34.5. The highest BCUT2D eigenvalue weighted by atomic mass is 32.2. The molecule has 408 valence electrons. The van der Waals surface area contributed by atoms with E-state index < -0.39 is 54.0 Å². The fourth-order valence-corrected chi connectivity index (χ4v) is 11.2. The van der Waals surface area contributed by atoms with Crippen molar-refractivity contribution in [3.8, 4) is 0 Å². The molecule has 0 aliphatic carbocycles. The third kappa shape index (κ3) is 16.8. The van der Waals surface area contributed by atoms with Crippen LogP contribution in [-0.2, 0) is 47.8 Å². The highest BCUT2D eigenvalue weighted by Gasteiger charge is 2.44. The van der Waals surface area contributed by atoms with Gasteiger partial charge in [-0.1, -0.05) is 105 Å². The van der Waals surface area contributed by atoms with Crippen LogP contribution in [0.3, 0.4) is 0 Å². The summed E-state index contributed by atoms with van der Waals surface area (Å²) in [6, 6.07) is 7.53. The number of methoxy groups -OCH3 is 2. The topological polar surface area (TPSA) is 195 Å². The maximum Gasteiger partial charge on any atom is 0.248 e. The molecule has 0 aromatic heterocycles. The van der Waals surface area contributed by atoms with Crippen molar-refractivity contribution in [3.05, 3.63) is 61.2 Å². The molecule has 2 aliphatic heterocycles. The number of rotatable bonds is 29. The second-order valence-corrected chi connectivity index (χ2v) is 21.7. The first-order valence-electron chi connectivity index (χ1n) is 25.8. The number of likely N-dealkylation sites (tertiary alicyclic amines) is 1. The van der Waals surface area contributed by atoms with Crippen LogP contribution in [0.1, 0.15) is 112 Å². The van der Waals surface area contributed by atoms with Crippen molar-refractivity contribution in [1.29, 1.82) is 0 Å². The Labute approximate surface area is 439 Å². The van der Waals surface area contributed by atoms with Crippen molar-refractivity contribution in [2.75, 3.05) is 66.4 Å². The molecule has 17 nitrogen and oxygen atoms in total. The number of hydrogen-bond donors (Lipinski definition) is 1. The zero-order valence-electron chi connectivity index (χ0n) is 45.7. The van der Waals surface area contributed by atoms with E-state index in [-0.39, 0.29) is 122 Å². The van der Waals surface area contributed by atoms with Crippen LogP contribution in [-0.4, -0.2) is 178 Å². The van der Waals surface area contributed by atoms with Crippen molar-refractivity contribution in [2.24, 2.45) is 35.5 Å². The standard InChI is InChI=1S/C55H86N6O11S/c1-15-37(8)52(45(71-13)30-49(67)61-26-21-24-42(61)54(72-14)39(10)43(62)28-38(9)53(69)40-22-19-18-20-23-40)57(12)55(70)41(35(4)5)29-44(63)51(36(6)7)56(11)50(68)31-73-27-25-48(66)60-33-58(46(64)16-2)32-59(34-60)47(65)17-3/h16-20,22-23,35-39,41-42,45,51-54,69H,2-3,15,21,24-34H2,1,4-14H3/t37-,38+,39+,41+,42+,45-,51+,52+,53-,54-/m1/s1. The van der Waals surface area contributed by atoms with Crippen molar-refractivity contribution >= 4 is 58.8 Å². The predicted molar refractivity (Wildman–Crippen MR) is 283 cm³/mol. The van der Waals surface area contributed by atoms with E-state index in [2.05, 4.69) is 13.2 Å². The predicted octanol–water partition coefficient (Wildman–Crippen LogP) is 5.82. The average molecular weight is 1040 g/mol. The van der Waals surface area contributed by atoms with Crippen LogP contribution in [0.15, 0.2) is 55.6 Å². The van der Waals surface area contributed by atoms with E-state index in [1.165, 1.54) is 38.5 Å². The summed E-state index contributed by atoms with van der Waals surface area (Å²) in [5.74, 6) is -4.21. The van der Waals surface area contributed by atoms with Gasteiger partial charge in [0.1, 0.15) is 5.78 Å². The third-order valence-electron chi connectivity index (χ3n) is 14.9. The summed E-state index contributed by atoms with van der Waals surface area (Å²) < 4.78 is 12.1. The lowest BCUT2D eigenvalue weighted by Gasteiger charge is -2.41. The van der Waals surface area contributed by atoms with Crippen molar-refractivity contribution in [3.63, 3.8) is 0 Å². The Balaban J connectivity index is 1.69. The van der Waals surface area contributed by atoms with Crippen LogP contribution in [0.4, 0.5) is 0 Å². The van der Waals surface area contributed by atoms with E-state index in [1.54, 1.807) is 31.0 Å². The smallest absolute Gasteiger partial charge is 0.248 e. The lowest BCUT2D eigenvalue weighted by Crippen LogP contribution is -2.59. The quantitative estimate of drug-likeness (QED) is 0.0748. The number of aliphatic hydroxyl groups is 1. The summed E-state index contributed by atoms with van der Waals surface area (Å²) in [6.45, 7) is 22.6. The maximum atomic E-state index is 14.7. The first-order valence-corrected chi connectivity index (χ1v) is 27.0. The number of likely N-dealkylation sites (N-methyl/N-ethyl adjacent to an activating group) is 2. The number of carbonyl (C=O) groups is 8. The number of ketones is 2. The van der Waals surface area contributed by atoms with Crippen LogP contribution in [0.25, 0.3) is 0 Å². The molecule has 73 heavy (non-hydrogen) atoms. The van der Waals surface area contributed by atoms with Crippen LogP contribution in [0.2, 0.25) is 0 Å². The molecular weight excluding hydrogens is 953 g/mol. The second-order valence-electron chi connectivity index (χ2n) is 20.6. The maximum absolute atomic E-state index is 14.7. The van der Waals surface area contributed by atoms with Gasteiger partial charge in [-0.05, 0) is 54.2 Å². The minimum atomic E-state index is -0.828. The Morgan fingerprint density at radius 1 is 0.767 bits per heavy atom. The number of hydrogen-bond acceptors (Lipinski definition) is 12. The minimum absolute atomic E-state index is 0.00399. The SMILES string of the molecule is C=CC(=O)N1CN(C(=O)C=C)CN(C(=O)CCSCC(=O)N(C)[C@H](C(=O)C[C@H](C(=O)N(C)[C@@H]([C@H](C)CC)[C@@H](CC(=O)N2CCC[C@H]2[C@H](OC)[C@@H](C)C(=O)C[C@H](C)[C@@H](O)c2ccccc2)OC)C(C)C)C(C)C)C1. The number of carbonyl (C=O) groups excluding carboxylic acids is 8. The van der Waals surface area contributed by atoms with Crippen LogP contribution in [0, 0.1) is 35.5 Å². The number of benzene rings is 1. The molecule has 0 spiro atoms. The van der Waals surface area contributed by atoms with Gasteiger partial charge < -0.3 is 44.0 Å². The molecule has 6 amide bonds. The number of ether oxygens (including phenoxy) is 2. The van der Waals surface area contributed by atoms with Gasteiger partial charge in [0.25, 0.3) is 0 Å². The molecular formula is C55H86N6O11S. The van der Waals surface area contributed by atoms with Gasteiger partial charge >= 0.3 is 0 Å². The summed E-state index contributed by atoms with van der Waals surface area (Å²) in [5, 5.41) is 11.0. The fraction of sp³-hybridized carbons (Fsp3) is 0.673. The van der Waals surface area contributed by atoms with Crippen LogP contribution in [0.5, 0.6) is 0 Å². The molecule has 1 aromatic rings. The molecule has 2 saturated heterocycles. The fourth-order valence-electron chi connectivity index (χ4n) is 10.4. The Hall–Kier alpha value is -4.91. The molecule has 2 heterocycles. The van der Waals surface area contributed by atoms with Crippen molar-refractivity contribution in [1.82, 2.24) is 29.4 Å². The van der Waals surface area contributed by atoms with Gasteiger partial charge in [-0.15, -0.1) is 0 Å². The molecule has 0 unspecified atom stereocenters. The summed E-state index contributed by atoms with van der Waals surface area (Å²) in [4.78, 5) is 118. The van der Waals surface area contributed by atoms with E-state index in [1.807, 2.05) is 85.7 Å². The molecule has 1 N–H and O–H groups in total. The minimum Gasteiger partial charge on any atom is -0.388 e. The van der Waals surface area contributed by atoms with Gasteiger partial charge in [-0.25, -0.2) is 0 Å². The zero-order chi connectivity index (χ0) is 54.9. The summed E-state index contributed by atoms with van der Waals surface area (Å²) in [7, 11) is 6.38. The molecule has 0 bridgehead atoms. The van der Waals surface area contributed by atoms with Crippen LogP contribution >= 0.6 is 11.8 Å². The summed E-state index contributed by atoms with van der Waals surface area (Å²) in [6.07, 6.45) is 2.25. The van der Waals surface area contributed by atoms with E-state index in [4.69, 9.17) is 9.47 Å². The molecule has 18 heteroatoms. The average Bonchev–Trinajstić information content (AvgIpc) is 3.87. The van der Waals surface area contributed by atoms with Gasteiger partial charge in [0.2, 0.25) is 35.4 Å². The number of nitrogens with zero attached hydrogens (tertiary/aromatic N) is 6. The van der Waals surface area contributed by atoms with Gasteiger partial charge in [0.05, 0.1) is 68.6 Å². The van der Waals surface area contributed by atoms with E-state index >= 15 is 0 Å². The Morgan fingerprint density at radius 3 is 1.88 bits per heavy atom. The van der Waals surface area contributed by atoms with Crippen molar-refractivity contribution in [2.45, 2.75) is 137 Å². The zero-order valence-corrected chi connectivity index (χ0v) is 46.5. The molecule has 10 atom stereocenters. The largest absolute Gasteiger partial charge is 0.388 e. The van der Waals surface area contributed by atoms with Crippen LogP contribution < -0.4 is 0 Å². The van der Waals surface area contributed by atoms with Crippen molar-refractivity contribution < 1.29 is 52.9 Å². The second kappa shape index (κ2) is 29.8. The Bertz CT molecular complexity index is 2030. The van der Waals surface area contributed by atoms with Gasteiger partial charge in [0, 0.05) is 71.7 Å². The Kier molecular flexibility index (Phi) is 25.5. The highest BCUT2D eigenvalue weighted by Crippen LogP contribution is 2.33. The third-order valence-corrected chi connectivity index (χ3v) is 15.9. The Morgan fingerprint density at radius 2 is 1.36 bits per heavy atom. The molecule has 2 fully saturated rings. The summed E-state index contributed by atoms with van der Waals surface area (Å²) in [5.41, 5.74) is 0.745. The number of aliphatic hydroxyl groups excluding tert-OH is 1. The molecule has 3 rings (SSSR count). The normalized spacial score (nSPS) is 18.8. The lowest BCUT2D eigenvalue weighted by atomic mass is 9.83. The van der Waals surface area contributed by atoms with Gasteiger partial charge in [0.15, 0.2) is 5.78 Å².